The Bertz CT molecular complexity index is 730. The van der Waals surface area contributed by atoms with Crippen molar-refractivity contribution in [2.24, 2.45) is 5.92 Å². The maximum atomic E-state index is 6.42. The third-order valence-electron chi connectivity index (χ3n) is 5.38. The molecule has 134 valence electrons. The molecular formula is C24H28OSi. The fourth-order valence-corrected chi connectivity index (χ4v) is 4.48. The molecule has 1 atom stereocenters. The monoisotopic (exact) mass is 360 g/mol. The molecule has 0 heterocycles. The van der Waals surface area contributed by atoms with Crippen molar-refractivity contribution in [3.63, 3.8) is 0 Å². The van der Waals surface area contributed by atoms with Gasteiger partial charge in [0.2, 0.25) is 0 Å². The van der Waals surface area contributed by atoms with Gasteiger partial charge in [0.1, 0.15) is 10.5 Å². The molecule has 0 fully saturated rings. The highest BCUT2D eigenvalue weighted by Crippen LogP contribution is 2.32. The first-order valence-electron chi connectivity index (χ1n) is 9.39. The summed E-state index contributed by atoms with van der Waals surface area (Å²) in [5.74, 6) is 0.419. The van der Waals surface area contributed by atoms with Gasteiger partial charge in [0, 0.05) is 12.8 Å². The van der Waals surface area contributed by atoms with Gasteiger partial charge in [-0.25, -0.2) is 0 Å². The number of hydrogen-bond donors (Lipinski definition) is 0. The minimum atomic E-state index is -0.176. The van der Waals surface area contributed by atoms with Crippen LogP contribution in [-0.4, -0.2) is 16.1 Å². The van der Waals surface area contributed by atoms with E-state index in [9.17, 15) is 0 Å². The van der Waals surface area contributed by atoms with Gasteiger partial charge in [0.15, 0.2) is 0 Å². The normalized spacial score (nSPS) is 12.8. The van der Waals surface area contributed by atoms with Crippen molar-refractivity contribution >= 4 is 10.5 Å². The summed E-state index contributed by atoms with van der Waals surface area (Å²) in [6, 6.07) is 32.3. The van der Waals surface area contributed by atoms with Gasteiger partial charge in [-0.15, -0.1) is 0 Å². The summed E-state index contributed by atoms with van der Waals surface area (Å²) in [7, 11) is 0.732. The molecule has 0 radical (unpaired) electrons. The molecule has 0 saturated heterocycles. The maximum absolute atomic E-state index is 6.42. The summed E-state index contributed by atoms with van der Waals surface area (Å²) in [6.07, 6.45) is 2.92. The minimum absolute atomic E-state index is 0.176. The van der Waals surface area contributed by atoms with Crippen LogP contribution < -0.4 is 0 Å². The number of benzene rings is 3. The van der Waals surface area contributed by atoms with E-state index in [-0.39, 0.29) is 5.60 Å². The SMILES string of the molecule is CC(Cc1ccccc1)C(Cc1ccccc1)(Cc1ccccc1)O[SiH3]. The van der Waals surface area contributed by atoms with Gasteiger partial charge in [0.05, 0.1) is 5.60 Å². The molecule has 0 N–H and O–H groups in total. The van der Waals surface area contributed by atoms with Crippen LogP contribution in [0.5, 0.6) is 0 Å². The third kappa shape index (κ3) is 4.72. The Balaban J connectivity index is 1.90. The first kappa shape index (κ1) is 18.6. The molecule has 0 bridgehead atoms. The van der Waals surface area contributed by atoms with Gasteiger partial charge < -0.3 is 4.43 Å². The molecule has 0 aromatic heterocycles. The van der Waals surface area contributed by atoms with Gasteiger partial charge >= 0.3 is 0 Å². The quantitative estimate of drug-likeness (QED) is 0.542. The molecule has 3 aromatic rings. The van der Waals surface area contributed by atoms with E-state index < -0.39 is 0 Å². The van der Waals surface area contributed by atoms with E-state index in [1.807, 2.05) is 0 Å². The number of hydrogen-bond acceptors (Lipinski definition) is 1. The largest absolute Gasteiger partial charge is 0.422 e. The fraction of sp³-hybridized carbons (Fsp3) is 0.250. The van der Waals surface area contributed by atoms with Gasteiger partial charge in [-0.3, -0.25) is 0 Å². The van der Waals surface area contributed by atoms with E-state index in [2.05, 4.69) is 97.9 Å². The van der Waals surface area contributed by atoms with Gasteiger partial charge in [-0.2, -0.15) is 0 Å². The molecule has 1 nitrogen and oxygen atoms in total. The molecule has 3 aromatic carbocycles. The van der Waals surface area contributed by atoms with Crippen molar-refractivity contribution in [2.75, 3.05) is 0 Å². The first-order chi connectivity index (χ1) is 12.7. The standard InChI is InChI=1S/C24H28OSi/c1-20(17-21-11-5-2-6-12-21)24(25-26,18-22-13-7-3-8-14-22)19-23-15-9-4-10-16-23/h2-16,20H,17-19H2,1,26H3. The van der Waals surface area contributed by atoms with Crippen molar-refractivity contribution in [3.8, 4) is 0 Å². The van der Waals surface area contributed by atoms with Crippen molar-refractivity contribution < 1.29 is 4.43 Å². The molecule has 0 saturated carbocycles. The lowest BCUT2D eigenvalue weighted by molar-refractivity contribution is 0.0231. The predicted octanol–water partition coefficient (Wildman–Crippen LogP) is 4.39. The minimum Gasteiger partial charge on any atom is -0.422 e. The highest BCUT2D eigenvalue weighted by Gasteiger charge is 2.36. The lowest BCUT2D eigenvalue weighted by Crippen LogP contribution is -2.44. The van der Waals surface area contributed by atoms with Crippen LogP contribution in [0.3, 0.4) is 0 Å². The Kier molecular flexibility index (Phi) is 6.43. The maximum Gasteiger partial charge on any atom is 0.146 e. The Morgan fingerprint density at radius 3 is 1.46 bits per heavy atom. The Labute approximate surface area is 160 Å². The van der Waals surface area contributed by atoms with E-state index in [1.54, 1.807) is 0 Å². The van der Waals surface area contributed by atoms with E-state index in [0.29, 0.717) is 5.92 Å². The van der Waals surface area contributed by atoms with Crippen molar-refractivity contribution in [1.29, 1.82) is 0 Å². The number of rotatable bonds is 8. The second-order valence-electron chi connectivity index (χ2n) is 7.18. The summed E-state index contributed by atoms with van der Waals surface area (Å²) in [5.41, 5.74) is 3.90. The Morgan fingerprint density at radius 2 is 1.08 bits per heavy atom. The highest BCUT2D eigenvalue weighted by atomic mass is 28.2. The summed E-state index contributed by atoms with van der Waals surface area (Å²) in [4.78, 5) is 0. The van der Waals surface area contributed by atoms with Gasteiger partial charge in [-0.05, 0) is 29.0 Å². The first-order valence-corrected chi connectivity index (χ1v) is 10.2. The average molecular weight is 361 g/mol. The predicted molar refractivity (Wildman–Crippen MR) is 113 cm³/mol. The zero-order chi connectivity index (χ0) is 18.2. The average Bonchev–Trinajstić information content (AvgIpc) is 2.70. The van der Waals surface area contributed by atoms with Crippen LogP contribution in [0.4, 0.5) is 0 Å². The van der Waals surface area contributed by atoms with E-state index in [4.69, 9.17) is 4.43 Å². The van der Waals surface area contributed by atoms with Gasteiger partial charge in [-0.1, -0.05) is 97.9 Å². The third-order valence-corrected chi connectivity index (χ3v) is 6.19. The topological polar surface area (TPSA) is 9.23 Å². The summed E-state index contributed by atoms with van der Waals surface area (Å²) >= 11 is 0. The summed E-state index contributed by atoms with van der Waals surface area (Å²) < 4.78 is 6.42. The molecule has 0 aliphatic carbocycles. The zero-order valence-corrected chi connectivity index (χ0v) is 17.8. The van der Waals surface area contributed by atoms with Crippen LogP contribution in [-0.2, 0) is 23.7 Å². The molecule has 0 spiro atoms. The van der Waals surface area contributed by atoms with Crippen LogP contribution in [0, 0.1) is 5.92 Å². The van der Waals surface area contributed by atoms with Crippen LogP contribution in [0.1, 0.15) is 23.6 Å². The van der Waals surface area contributed by atoms with Gasteiger partial charge in [0.25, 0.3) is 0 Å². The second kappa shape index (κ2) is 8.97. The van der Waals surface area contributed by atoms with Crippen molar-refractivity contribution in [1.82, 2.24) is 0 Å². The Hall–Kier alpha value is -2.16. The van der Waals surface area contributed by atoms with E-state index in [0.717, 1.165) is 29.7 Å². The van der Waals surface area contributed by atoms with Crippen LogP contribution in [0.15, 0.2) is 91.0 Å². The smallest absolute Gasteiger partial charge is 0.146 e. The van der Waals surface area contributed by atoms with Crippen LogP contribution in [0.25, 0.3) is 0 Å². The molecule has 0 aliphatic heterocycles. The fourth-order valence-electron chi connectivity index (χ4n) is 3.79. The van der Waals surface area contributed by atoms with Crippen molar-refractivity contribution in [3.05, 3.63) is 108 Å². The van der Waals surface area contributed by atoms with Crippen molar-refractivity contribution in [2.45, 2.75) is 31.8 Å². The molecular weight excluding hydrogens is 332 g/mol. The van der Waals surface area contributed by atoms with E-state index in [1.165, 1.54) is 16.7 Å². The molecule has 0 aliphatic rings. The van der Waals surface area contributed by atoms with Crippen LogP contribution in [0.2, 0.25) is 0 Å². The summed E-state index contributed by atoms with van der Waals surface area (Å²) in [6.45, 7) is 2.34. The summed E-state index contributed by atoms with van der Waals surface area (Å²) in [5, 5.41) is 0. The second-order valence-corrected chi connectivity index (χ2v) is 7.59. The lowest BCUT2D eigenvalue weighted by Gasteiger charge is -2.39. The zero-order valence-electron chi connectivity index (χ0n) is 15.8. The molecule has 0 amide bonds. The van der Waals surface area contributed by atoms with E-state index >= 15 is 0 Å². The molecule has 2 heteroatoms. The van der Waals surface area contributed by atoms with Crippen LogP contribution >= 0.6 is 0 Å². The highest BCUT2D eigenvalue weighted by molar-refractivity contribution is 5.98. The molecule has 1 unspecified atom stereocenters. The molecule has 26 heavy (non-hydrogen) atoms. The Morgan fingerprint density at radius 1 is 0.692 bits per heavy atom. The molecule has 3 rings (SSSR count). The lowest BCUT2D eigenvalue weighted by atomic mass is 9.76.